The smallest absolute Gasteiger partial charge is 0.307 e. The van der Waals surface area contributed by atoms with Gasteiger partial charge in [-0.3, -0.25) is 14.2 Å². The van der Waals surface area contributed by atoms with Crippen LogP contribution in [0.25, 0.3) is 10.8 Å². The molecule has 2 aromatic carbocycles. The van der Waals surface area contributed by atoms with Crippen molar-refractivity contribution in [3.8, 4) is 0 Å². The van der Waals surface area contributed by atoms with Crippen molar-refractivity contribution in [3.63, 3.8) is 0 Å². The number of aryl methyl sites for hydroxylation is 1. The van der Waals surface area contributed by atoms with Crippen LogP contribution >= 0.6 is 11.3 Å². The van der Waals surface area contributed by atoms with Crippen LogP contribution in [0.2, 0.25) is 0 Å². The molecule has 112 valence electrons. The zero-order valence-electron chi connectivity index (χ0n) is 12.4. The summed E-state index contributed by atoms with van der Waals surface area (Å²) in [6.45, 7) is 1.90. The predicted octanol–water partition coefficient (Wildman–Crippen LogP) is 3.03. The first-order valence-electron chi connectivity index (χ1n) is 6.96. The molecule has 0 radical (unpaired) electrons. The fraction of sp³-hybridized carbons (Fsp3) is 0.176. The second kappa shape index (κ2) is 5.77. The molecule has 3 aromatic rings. The first-order valence-corrected chi connectivity index (χ1v) is 7.84. The third-order valence-electron chi connectivity index (χ3n) is 3.76. The third-order valence-corrected chi connectivity index (χ3v) is 4.65. The molecule has 0 spiro atoms. The predicted molar refractivity (Wildman–Crippen MR) is 90.7 cm³/mol. The Kier molecular flexibility index (Phi) is 3.81. The van der Waals surface area contributed by atoms with Gasteiger partial charge in [0.2, 0.25) is 5.91 Å². The Bertz CT molecular complexity index is 895. The van der Waals surface area contributed by atoms with Gasteiger partial charge >= 0.3 is 4.87 Å². The third kappa shape index (κ3) is 2.67. The monoisotopic (exact) mass is 312 g/mol. The van der Waals surface area contributed by atoms with Crippen LogP contribution in [0.1, 0.15) is 5.69 Å². The van der Waals surface area contributed by atoms with E-state index in [1.165, 1.54) is 4.57 Å². The van der Waals surface area contributed by atoms with Crippen LogP contribution in [0.4, 0.5) is 5.69 Å². The lowest BCUT2D eigenvalue weighted by Crippen LogP contribution is -2.32. The van der Waals surface area contributed by atoms with Gasteiger partial charge in [-0.15, -0.1) is 0 Å². The minimum atomic E-state index is -0.112. The number of anilines is 1. The van der Waals surface area contributed by atoms with E-state index in [2.05, 4.69) is 0 Å². The maximum atomic E-state index is 12.4. The van der Waals surface area contributed by atoms with Crippen LogP contribution in [0, 0.1) is 6.92 Å². The molecule has 0 saturated heterocycles. The molecule has 0 aliphatic carbocycles. The van der Waals surface area contributed by atoms with Crippen LogP contribution < -0.4 is 9.77 Å². The number of aromatic nitrogens is 1. The van der Waals surface area contributed by atoms with Gasteiger partial charge in [0.1, 0.15) is 6.54 Å². The number of rotatable bonds is 3. The molecule has 3 rings (SSSR count). The van der Waals surface area contributed by atoms with Crippen molar-refractivity contribution in [2.24, 2.45) is 0 Å². The second-order valence-corrected chi connectivity index (χ2v) is 6.03. The molecule has 0 aliphatic rings. The van der Waals surface area contributed by atoms with E-state index < -0.39 is 0 Å². The first-order chi connectivity index (χ1) is 10.6. The first kappa shape index (κ1) is 14.5. The number of nitrogens with zero attached hydrogens (tertiary/aromatic N) is 2. The number of hydrogen-bond donors (Lipinski definition) is 0. The van der Waals surface area contributed by atoms with Gasteiger partial charge in [-0.1, -0.05) is 41.7 Å². The zero-order chi connectivity index (χ0) is 15.7. The van der Waals surface area contributed by atoms with Crippen LogP contribution in [0.3, 0.4) is 0 Å². The molecule has 0 unspecified atom stereocenters. The van der Waals surface area contributed by atoms with Crippen LogP contribution in [0.15, 0.2) is 52.6 Å². The molecule has 1 aromatic heterocycles. The summed E-state index contributed by atoms with van der Waals surface area (Å²) < 4.78 is 1.50. The molecule has 5 heteroatoms. The maximum Gasteiger partial charge on any atom is 0.307 e. The average molecular weight is 312 g/mol. The van der Waals surface area contributed by atoms with Gasteiger partial charge < -0.3 is 4.90 Å². The highest BCUT2D eigenvalue weighted by Crippen LogP contribution is 2.21. The SMILES string of the molecule is Cc1csc(=O)n1CC(=O)N(C)c1ccc2ccccc2c1. The normalized spacial score (nSPS) is 10.8. The molecular formula is C17H16N2O2S. The number of hydrogen-bond acceptors (Lipinski definition) is 3. The van der Waals surface area contributed by atoms with E-state index in [9.17, 15) is 9.59 Å². The van der Waals surface area contributed by atoms with Crippen molar-refractivity contribution >= 4 is 33.7 Å². The zero-order valence-corrected chi connectivity index (χ0v) is 13.3. The van der Waals surface area contributed by atoms with Gasteiger partial charge in [0.05, 0.1) is 0 Å². The van der Waals surface area contributed by atoms with E-state index >= 15 is 0 Å². The summed E-state index contributed by atoms with van der Waals surface area (Å²) in [6.07, 6.45) is 0. The van der Waals surface area contributed by atoms with Crippen LogP contribution in [-0.2, 0) is 11.3 Å². The maximum absolute atomic E-state index is 12.4. The van der Waals surface area contributed by atoms with Gasteiger partial charge in [-0.05, 0) is 29.8 Å². The minimum absolute atomic E-state index is 0.0670. The molecule has 0 N–H and O–H groups in total. The van der Waals surface area contributed by atoms with Crippen LogP contribution in [0.5, 0.6) is 0 Å². The van der Waals surface area contributed by atoms with Gasteiger partial charge in [0, 0.05) is 23.8 Å². The number of carbonyl (C=O) groups excluding carboxylic acids is 1. The fourth-order valence-electron chi connectivity index (χ4n) is 2.37. The Morgan fingerprint density at radius 2 is 1.91 bits per heavy atom. The number of fused-ring (bicyclic) bond motifs is 1. The van der Waals surface area contributed by atoms with Crippen molar-refractivity contribution in [2.75, 3.05) is 11.9 Å². The van der Waals surface area contributed by atoms with Crippen molar-refractivity contribution < 1.29 is 4.79 Å². The number of amides is 1. The highest BCUT2D eigenvalue weighted by Gasteiger charge is 2.14. The molecule has 22 heavy (non-hydrogen) atoms. The van der Waals surface area contributed by atoms with Crippen molar-refractivity contribution in [2.45, 2.75) is 13.5 Å². The van der Waals surface area contributed by atoms with Crippen molar-refractivity contribution in [3.05, 3.63) is 63.2 Å². The highest BCUT2D eigenvalue weighted by atomic mass is 32.1. The van der Waals surface area contributed by atoms with E-state index in [1.54, 1.807) is 17.3 Å². The fourth-order valence-corrected chi connectivity index (χ4v) is 3.10. The molecule has 0 bridgehead atoms. The molecule has 0 aliphatic heterocycles. The molecule has 1 amide bonds. The second-order valence-electron chi connectivity index (χ2n) is 5.21. The van der Waals surface area contributed by atoms with Gasteiger partial charge in [0.25, 0.3) is 0 Å². The lowest BCUT2D eigenvalue weighted by Gasteiger charge is -2.18. The molecule has 0 atom stereocenters. The molecule has 1 heterocycles. The number of benzene rings is 2. The summed E-state index contributed by atoms with van der Waals surface area (Å²) in [7, 11) is 1.74. The lowest BCUT2D eigenvalue weighted by molar-refractivity contribution is -0.118. The van der Waals surface area contributed by atoms with E-state index in [4.69, 9.17) is 0 Å². The van der Waals surface area contributed by atoms with E-state index in [0.29, 0.717) is 0 Å². The van der Waals surface area contributed by atoms with E-state index in [1.807, 2.05) is 49.4 Å². The summed E-state index contributed by atoms with van der Waals surface area (Å²) in [5, 5.41) is 3.99. The largest absolute Gasteiger partial charge is 0.314 e. The Labute approximate surface area is 132 Å². The quantitative estimate of drug-likeness (QED) is 0.746. The van der Waals surface area contributed by atoms with Crippen molar-refractivity contribution in [1.29, 1.82) is 0 Å². The topological polar surface area (TPSA) is 42.3 Å². The Hall–Kier alpha value is -2.40. The van der Waals surface area contributed by atoms with Gasteiger partial charge in [0.15, 0.2) is 0 Å². The van der Waals surface area contributed by atoms with Crippen molar-refractivity contribution in [1.82, 2.24) is 4.57 Å². The molecular weight excluding hydrogens is 296 g/mol. The Balaban J connectivity index is 1.87. The van der Waals surface area contributed by atoms with Gasteiger partial charge in [-0.2, -0.15) is 0 Å². The van der Waals surface area contributed by atoms with E-state index in [0.717, 1.165) is 33.5 Å². The number of carbonyl (C=O) groups is 1. The molecule has 4 nitrogen and oxygen atoms in total. The average Bonchev–Trinajstić information content (AvgIpc) is 2.85. The Morgan fingerprint density at radius 3 is 2.59 bits per heavy atom. The Morgan fingerprint density at radius 1 is 1.18 bits per heavy atom. The summed E-state index contributed by atoms with van der Waals surface area (Å²) in [5.74, 6) is -0.112. The summed E-state index contributed by atoms with van der Waals surface area (Å²) in [5.41, 5.74) is 1.64. The standard InChI is InChI=1S/C17H16N2O2S/c1-12-11-22-17(21)19(12)10-16(20)18(2)15-8-7-13-5-3-4-6-14(13)9-15/h3-9,11H,10H2,1-2H3. The molecule has 0 saturated carbocycles. The summed E-state index contributed by atoms with van der Waals surface area (Å²) >= 11 is 1.12. The minimum Gasteiger partial charge on any atom is -0.314 e. The molecule has 0 fully saturated rings. The lowest BCUT2D eigenvalue weighted by atomic mass is 10.1. The van der Waals surface area contributed by atoms with Gasteiger partial charge in [-0.25, -0.2) is 0 Å². The highest BCUT2D eigenvalue weighted by molar-refractivity contribution is 7.07. The summed E-state index contributed by atoms with van der Waals surface area (Å²) in [6, 6.07) is 13.9. The number of likely N-dealkylation sites (N-methyl/N-ethyl adjacent to an activating group) is 1. The van der Waals surface area contributed by atoms with Crippen LogP contribution in [-0.4, -0.2) is 17.5 Å². The van der Waals surface area contributed by atoms with E-state index in [-0.39, 0.29) is 17.3 Å². The summed E-state index contributed by atoms with van der Waals surface area (Å²) in [4.78, 5) is 25.6. The number of thiazole rings is 1.